The molecule has 0 aromatic heterocycles. The van der Waals surface area contributed by atoms with Crippen molar-refractivity contribution in [2.45, 2.75) is 18.7 Å². The number of benzene rings is 2. The summed E-state index contributed by atoms with van der Waals surface area (Å²) >= 11 is 12.9. The van der Waals surface area contributed by atoms with Crippen molar-refractivity contribution in [3.63, 3.8) is 0 Å². The van der Waals surface area contributed by atoms with Crippen molar-refractivity contribution >= 4 is 34.8 Å². The van der Waals surface area contributed by atoms with Gasteiger partial charge in [0.1, 0.15) is 0 Å². The van der Waals surface area contributed by atoms with Crippen LogP contribution < -0.4 is 4.90 Å². The van der Waals surface area contributed by atoms with Crippen LogP contribution in [0.25, 0.3) is 0 Å². The highest BCUT2D eigenvalue weighted by atomic mass is 35.5. The van der Waals surface area contributed by atoms with Crippen LogP contribution in [0.3, 0.4) is 0 Å². The lowest BCUT2D eigenvalue weighted by Crippen LogP contribution is -2.20. The maximum Gasteiger partial charge on any atom is 0.231 e. The van der Waals surface area contributed by atoms with Gasteiger partial charge in [-0.2, -0.15) is 0 Å². The fraction of sp³-hybridized carbons (Fsp3) is 0.235. The Kier molecular flexibility index (Phi) is 3.68. The number of likely N-dealkylation sites (N-methyl/N-ethyl adjacent to an activating group) is 1. The molecule has 1 unspecified atom stereocenters. The molecule has 2 nitrogen and oxygen atoms in total. The van der Waals surface area contributed by atoms with Gasteiger partial charge in [-0.05, 0) is 41.3 Å². The fourth-order valence-corrected chi connectivity index (χ4v) is 3.39. The van der Waals surface area contributed by atoms with E-state index in [4.69, 9.17) is 23.2 Å². The molecule has 2 aromatic carbocycles. The van der Waals surface area contributed by atoms with E-state index in [0.717, 1.165) is 27.9 Å². The van der Waals surface area contributed by atoms with Crippen molar-refractivity contribution in [2.75, 3.05) is 11.9 Å². The van der Waals surface area contributed by atoms with Gasteiger partial charge in [0, 0.05) is 17.8 Å². The highest BCUT2D eigenvalue weighted by Gasteiger charge is 2.25. The minimum Gasteiger partial charge on any atom is -0.315 e. The molecule has 0 saturated carbocycles. The Morgan fingerprint density at radius 1 is 1.19 bits per heavy atom. The fourth-order valence-electron chi connectivity index (χ4n) is 2.67. The molecule has 0 fully saturated rings. The predicted molar refractivity (Wildman–Crippen MR) is 87.4 cm³/mol. The molecular weight excluding hydrogens is 305 g/mol. The number of aryl methyl sites for hydroxylation is 1. The predicted octanol–water partition coefficient (Wildman–Crippen LogP) is 4.50. The molecule has 0 spiro atoms. The summed E-state index contributed by atoms with van der Waals surface area (Å²) in [6, 6.07) is 11.8. The molecule has 1 atom stereocenters. The molecule has 0 saturated heterocycles. The maximum atomic E-state index is 11.7. The normalized spacial score (nSPS) is 15.2. The molecule has 0 bridgehead atoms. The first-order chi connectivity index (χ1) is 9.97. The lowest BCUT2D eigenvalue weighted by Gasteiger charge is -2.15. The van der Waals surface area contributed by atoms with Crippen molar-refractivity contribution in [3.05, 3.63) is 63.7 Å². The van der Waals surface area contributed by atoms with Crippen molar-refractivity contribution in [3.8, 4) is 0 Å². The Labute approximate surface area is 134 Å². The second-order valence-corrected chi connectivity index (χ2v) is 6.25. The average molecular weight is 320 g/mol. The highest BCUT2D eigenvalue weighted by molar-refractivity contribution is 6.33. The molecule has 2 aromatic rings. The molecule has 3 rings (SSSR count). The quantitative estimate of drug-likeness (QED) is 0.746. The molecule has 4 heteroatoms. The molecule has 0 aliphatic carbocycles. The van der Waals surface area contributed by atoms with Crippen LogP contribution in [0.5, 0.6) is 0 Å². The lowest BCUT2D eigenvalue weighted by molar-refractivity contribution is -0.117. The van der Waals surface area contributed by atoms with Gasteiger partial charge in [0.25, 0.3) is 0 Å². The molecule has 1 heterocycles. The average Bonchev–Trinajstić information content (AvgIpc) is 2.73. The number of rotatable bonds is 2. The number of hydrogen-bond donors (Lipinski definition) is 0. The topological polar surface area (TPSA) is 20.3 Å². The third-order valence-electron chi connectivity index (χ3n) is 3.90. The van der Waals surface area contributed by atoms with Crippen LogP contribution >= 0.6 is 23.2 Å². The Morgan fingerprint density at radius 2 is 1.95 bits per heavy atom. The molecular formula is C17H15Cl2NO. The number of amides is 1. The largest absolute Gasteiger partial charge is 0.315 e. The molecule has 0 N–H and O–H groups in total. The number of fused-ring (bicyclic) bond motifs is 1. The van der Waals surface area contributed by atoms with Crippen LogP contribution in [0.2, 0.25) is 5.02 Å². The number of anilines is 1. The Bertz CT molecular complexity index is 727. The van der Waals surface area contributed by atoms with E-state index in [1.165, 1.54) is 0 Å². The Morgan fingerprint density at radius 3 is 2.67 bits per heavy atom. The van der Waals surface area contributed by atoms with Gasteiger partial charge in [-0.1, -0.05) is 35.9 Å². The van der Waals surface area contributed by atoms with Crippen molar-refractivity contribution in [1.82, 2.24) is 0 Å². The highest BCUT2D eigenvalue weighted by Crippen LogP contribution is 2.37. The number of hydrogen-bond acceptors (Lipinski definition) is 1. The first-order valence-corrected chi connectivity index (χ1v) is 7.58. The van der Waals surface area contributed by atoms with Crippen LogP contribution in [0, 0.1) is 6.92 Å². The van der Waals surface area contributed by atoms with E-state index < -0.39 is 0 Å². The molecule has 108 valence electrons. The minimum atomic E-state index is -0.315. The zero-order valence-corrected chi connectivity index (χ0v) is 13.4. The SMILES string of the molecule is Cc1ccc(C(Cl)c2ccc3c(c2)CC(=O)N3C)c(Cl)c1. The lowest BCUT2D eigenvalue weighted by atomic mass is 10.00. The van der Waals surface area contributed by atoms with Crippen molar-refractivity contribution < 1.29 is 4.79 Å². The van der Waals surface area contributed by atoms with E-state index >= 15 is 0 Å². The zero-order chi connectivity index (χ0) is 15.1. The monoisotopic (exact) mass is 319 g/mol. The number of alkyl halides is 1. The third kappa shape index (κ3) is 2.54. The van der Waals surface area contributed by atoms with Crippen LogP contribution in [-0.2, 0) is 11.2 Å². The van der Waals surface area contributed by atoms with Gasteiger partial charge in [-0.3, -0.25) is 4.79 Å². The Balaban J connectivity index is 1.98. The van der Waals surface area contributed by atoms with E-state index in [-0.39, 0.29) is 11.3 Å². The van der Waals surface area contributed by atoms with Crippen LogP contribution in [0.4, 0.5) is 5.69 Å². The van der Waals surface area contributed by atoms with Gasteiger partial charge in [-0.25, -0.2) is 0 Å². The van der Waals surface area contributed by atoms with Crippen molar-refractivity contribution in [1.29, 1.82) is 0 Å². The van der Waals surface area contributed by atoms with Gasteiger partial charge in [0.15, 0.2) is 0 Å². The summed E-state index contributed by atoms with van der Waals surface area (Å²) in [6.45, 7) is 2.00. The number of carbonyl (C=O) groups is 1. The first-order valence-electron chi connectivity index (χ1n) is 6.77. The number of carbonyl (C=O) groups excluding carboxylic acids is 1. The van der Waals surface area contributed by atoms with Crippen LogP contribution in [0.1, 0.15) is 27.6 Å². The summed E-state index contributed by atoms with van der Waals surface area (Å²) < 4.78 is 0. The van der Waals surface area contributed by atoms with Gasteiger partial charge in [0.05, 0.1) is 11.8 Å². The summed E-state index contributed by atoms with van der Waals surface area (Å²) in [4.78, 5) is 13.4. The van der Waals surface area contributed by atoms with Gasteiger partial charge >= 0.3 is 0 Å². The summed E-state index contributed by atoms with van der Waals surface area (Å²) in [7, 11) is 1.79. The first kappa shape index (κ1) is 14.4. The molecule has 1 aliphatic rings. The number of nitrogens with zero attached hydrogens (tertiary/aromatic N) is 1. The van der Waals surface area contributed by atoms with Gasteiger partial charge < -0.3 is 4.90 Å². The summed E-state index contributed by atoms with van der Waals surface area (Å²) in [5.41, 5.74) is 4.94. The van der Waals surface area contributed by atoms with Gasteiger partial charge in [0.2, 0.25) is 5.91 Å². The van der Waals surface area contributed by atoms with E-state index in [1.54, 1.807) is 11.9 Å². The summed E-state index contributed by atoms with van der Waals surface area (Å²) in [5.74, 6) is 0.113. The number of halogens is 2. The molecule has 21 heavy (non-hydrogen) atoms. The van der Waals surface area contributed by atoms with Crippen molar-refractivity contribution in [2.24, 2.45) is 0 Å². The molecule has 0 radical (unpaired) electrons. The second-order valence-electron chi connectivity index (χ2n) is 5.41. The van der Waals surface area contributed by atoms with E-state index in [9.17, 15) is 4.79 Å². The minimum absolute atomic E-state index is 0.113. The van der Waals surface area contributed by atoms with Crippen LogP contribution in [-0.4, -0.2) is 13.0 Å². The summed E-state index contributed by atoms with van der Waals surface area (Å²) in [5, 5.41) is 0.355. The van der Waals surface area contributed by atoms with E-state index in [1.807, 2.05) is 43.3 Å². The Hall–Kier alpha value is -1.51. The van der Waals surface area contributed by atoms with Crippen LogP contribution in [0.15, 0.2) is 36.4 Å². The second kappa shape index (κ2) is 5.36. The molecule has 1 aliphatic heterocycles. The third-order valence-corrected chi connectivity index (χ3v) is 4.72. The maximum absolute atomic E-state index is 11.7. The zero-order valence-electron chi connectivity index (χ0n) is 11.9. The summed E-state index contributed by atoms with van der Waals surface area (Å²) in [6.07, 6.45) is 0.435. The van der Waals surface area contributed by atoms with E-state index in [2.05, 4.69) is 0 Å². The van der Waals surface area contributed by atoms with Gasteiger partial charge in [-0.15, -0.1) is 11.6 Å². The smallest absolute Gasteiger partial charge is 0.231 e. The standard InChI is InChI=1S/C17H15Cl2NO/c1-10-3-5-13(14(18)7-10)17(19)11-4-6-15-12(8-11)9-16(21)20(15)2/h3-8,17H,9H2,1-2H3. The molecule has 1 amide bonds. The van der Waals surface area contributed by atoms with E-state index in [0.29, 0.717) is 11.4 Å².